The molecule has 0 amide bonds. The van der Waals surface area contributed by atoms with Gasteiger partial charge in [0.15, 0.2) is 0 Å². The van der Waals surface area contributed by atoms with E-state index in [1.807, 2.05) is 6.07 Å². The van der Waals surface area contributed by atoms with Crippen LogP contribution in [0.4, 0.5) is 0 Å². The highest BCUT2D eigenvalue weighted by molar-refractivity contribution is 9.10. The first-order valence-electron chi connectivity index (χ1n) is 7.06. The maximum absolute atomic E-state index is 12.8. The predicted octanol–water partition coefficient (Wildman–Crippen LogP) is 2.90. The zero-order valence-corrected chi connectivity index (χ0v) is 15.2. The van der Waals surface area contributed by atoms with Crippen molar-refractivity contribution in [3.05, 3.63) is 28.2 Å². The largest absolute Gasteiger partial charge is 0.301 e. The Bertz CT molecular complexity index is 587. The van der Waals surface area contributed by atoms with E-state index in [9.17, 15) is 8.42 Å². The number of hydrogen-bond acceptors (Lipinski definition) is 3. The number of alkyl halides is 1. The molecule has 1 aromatic carbocycles. The molecule has 118 valence electrons. The topological polar surface area (TPSA) is 40.6 Å². The second-order valence-corrected chi connectivity index (χ2v) is 8.17. The normalized spacial score (nSPS) is 18.0. The van der Waals surface area contributed by atoms with Crippen molar-refractivity contribution < 1.29 is 8.42 Å². The lowest BCUT2D eigenvalue weighted by Gasteiger charge is -2.34. The Morgan fingerprint density at radius 3 is 2.48 bits per heavy atom. The molecule has 0 N–H and O–H groups in total. The number of nitrogens with zero attached hydrogens (tertiary/aromatic N) is 2. The summed E-state index contributed by atoms with van der Waals surface area (Å²) in [6.07, 6.45) is 1.09. The molecule has 1 aromatic rings. The van der Waals surface area contributed by atoms with Crippen molar-refractivity contribution in [2.45, 2.75) is 24.1 Å². The first-order valence-corrected chi connectivity index (χ1v) is 9.82. The molecule has 1 saturated heterocycles. The quantitative estimate of drug-likeness (QED) is 0.720. The number of piperazine rings is 1. The van der Waals surface area contributed by atoms with Gasteiger partial charge in [0.1, 0.15) is 0 Å². The zero-order valence-electron chi connectivity index (χ0n) is 12.1. The highest BCUT2D eigenvalue weighted by Crippen LogP contribution is 2.27. The van der Waals surface area contributed by atoms with Gasteiger partial charge < -0.3 is 4.90 Å². The SMILES string of the molecule is CCCN1CCN(S(=O)(=O)c2cc(CCl)ccc2Br)CC1. The fraction of sp³-hybridized carbons (Fsp3) is 0.571. The Kier molecular flexibility index (Phi) is 6.08. The number of sulfonamides is 1. The molecule has 1 aliphatic heterocycles. The van der Waals surface area contributed by atoms with E-state index in [4.69, 9.17) is 11.6 Å². The molecule has 0 unspecified atom stereocenters. The summed E-state index contributed by atoms with van der Waals surface area (Å²) in [5, 5.41) is 0. The molecular weight excluding hydrogens is 376 g/mol. The molecule has 4 nitrogen and oxygen atoms in total. The summed E-state index contributed by atoms with van der Waals surface area (Å²) in [5.74, 6) is 0.306. The van der Waals surface area contributed by atoms with E-state index in [-0.39, 0.29) is 0 Å². The second kappa shape index (κ2) is 7.42. The van der Waals surface area contributed by atoms with E-state index in [1.165, 1.54) is 0 Å². The Morgan fingerprint density at radius 2 is 1.90 bits per heavy atom. The minimum atomic E-state index is -3.46. The molecule has 0 atom stereocenters. The fourth-order valence-corrected chi connectivity index (χ4v) is 5.04. The Labute approximate surface area is 140 Å². The van der Waals surface area contributed by atoms with Gasteiger partial charge >= 0.3 is 0 Å². The minimum absolute atomic E-state index is 0.306. The fourth-order valence-electron chi connectivity index (χ4n) is 2.48. The van der Waals surface area contributed by atoms with Gasteiger partial charge in [0, 0.05) is 36.5 Å². The maximum Gasteiger partial charge on any atom is 0.244 e. The molecule has 0 bridgehead atoms. The van der Waals surface area contributed by atoms with E-state index < -0.39 is 10.0 Å². The van der Waals surface area contributed by atoms with Crippen LogP contribution in [0, 0.1) is 0 Å². The molecule has 0 spiro atoms. The molecule has 1 heterocycles. The van der Waals surface area contributed by atoms with Crippen molar-refractivity contribution in [1.82, 2.24) is 9.21 Å². The van der Waals surface area contributed by atoms with Gasteiger partial charge in [-0.1, -0.05) is 13.0 Å². The van der Waals surface area contributed by atoms with Crippen molar-refractivity contribution in [1.29, 1.82) is 0 Å². The van der Waals surface area contributed by atoms with E-state index in [1.54, 1.807) is 16.4 Å². The van der Waals surface area contributed by atoms with Crippen molar-refractivity contribution in [2.24, 2.45) is 0 Å². The van der Waals surface area contributed by atoms with Crippen LogP contribution in [0.25, 0.3) is 0 Å². The monoisotopic (exact) mass is 394 g/mol. The van der Waals surface area contributed by atoms with Gasteiger partial charge in [-0.2, -0.15) is 4.31 Å². The van der Waals surface area contributed by atoms with E-state index in [0.29, 0.717) is 28.3 Å². The maximum atomic E-state index is 12.8. The van der Waals surface area contributed by atoms with Gasteiger partial charge in [0.2, 0.25) is 10.0 Å². The van der Waals surface area contributed by atoms with Crippen molar-refractivity contribution in [2.75, 3.05) is 32.7 Å². The molecule has 2 rings (SSSR count). The summed E-state index contributed by atoms with van der Waals surface area (Å²) in [5.41, 5.74) is 0.808. The van der Waals surface area contributed by atoms with Crippen LogP contribution < -0.4 is 0 Å². The Balaban J connectivity index is 2.19. The molecule has 1 fully saturated rings. The lowest BCUT2D eigenvalue weighted by molar-refractivity contribution is 0.188. The standard InChI is InChI=1S/C14H20BrClN2O2S/c1-2-5-17-6-8-18(9-7-17)21(19,20)14-10-12(11-16)3-4-13(14)15/h3-4,10H,2,5-9,11H2,1H3. The van der Waals surface area contributed by atoms with Gasteiger partial charge in [0.05, 0.1) is 4.90 Å². The predicted molar refractivity (Wildman–Crippen MR) is 89.2 cm³/mol. The Morgan fingerprint density at radius 1 is 1.24 bits per heavy atom. The first kappa shape index (κ1) is 17.2. The van der Waals surface area contributed by atoms with E-state index >= 15 is 0 Å². The van der Waals surface area contributed by atoms with Crippen LogP contribution in [0.3, 0.4) is 0 Å². The average Bonchev–Trinajstić information content (AvgIpc) is 2.48. The van der Waals surface area contributed by atoms with Crippen LogP contribution in [-0.2, 0) is 15.9 Å². The molecule has 7 heteroatoms. The molecular formula is C14H20BrClN2O2S. The highest BCUT2D eigenvalue weighted by Gasteiger charge is 2.29. The molecule has 0 saturated carbocycles. The molecule has 0 aliphatic carbocycles. The molecule has 1 aliphatic rings. The second-order valence-electron chi connectivity index (χ2n) is 5.14. The lowest BCUT2D eigenvalue weighted by Crippen LogP contribution is -2.48. The van der Waals surface area contributed by atoms with Gasteiger partial charge in [-0.3, -0.25) is 0 Å². The molecule has 0 aromatic heterocycles. The summed E-state index contributed by atoms with van der Waals surface area (Å²) in [4.78, 5) is 2.61. The van der Waals surface area contributed by atoms with Gasteiger partial charge in [-0.25, -0.2) is 8.42 Å². The summed E-state index contributed by atoms with van der Waals surface area (Å²) in [6, 6.07) is 5.23. The molecule has 21 heavy (non-hydrogen) atoms. The summed E-state index contributed by atoms with van der Waals surface area (Å²) in [6.45, 7) is 5.83. The Hall–Kier alpha value is -0.140. The summed E-state index contributed by atoms with van der Waals surface area (Å²) >= 11 is 9.15. The number of hydrogen-bond donors (Lipinski definition) is 0. The van der Waals surface area contributed by atoms with Gasteiger partial charge in [-0.15, -0.1) is 11.6 Å². The van der Waals surface area contributed by atoms with Crippen molar-refractivity contribution >= 4 is 37.6 Å². The number of rotatable bonds is 5. The van der Waals surface area contributed by atoms with Gasteiger partial charge in [-0.05, 0) is 46.6 Å². The summed E-state index contributed by atoms with van der Waals surface area (Å²) < 4.78 is 27.7. The van der Waals surface area contributed by atoms with Crippen LogP contribution in [-0.4, -0.2) is 50.3 Å². The van der Waals surface area contributed by atoms with Crippen LogP contribution in [0.15, 0.2) is 27.6 Å². The summed E-state index contributed by atoms with van der Waals surface area (Å²) in [7, 11) is -3.46. The van der Waals surface area contributed by atoms with Crippen LogP contribution in [0.1, 0.15) is 18.9 Å². The highest BCUT2D eigenvalue weighted by atomic mass is 79.9. The van der Waals surface area contributed by atoms with E-state index in [2.05, 4.69) is 27.8 Å². The van der Waals surface area contributed by atoms with E-state index in [0.717, 1.165) is 31.6 Å². The zero-order chi connectivity index (χ0) is 15.5. The van der Waals surface area contributed by atoms with Gasteiger partial charge in [0.25, 0.3) is 0 Å². The van der Waals surface area contributed by atoms with Crippen LogP contribution in [0.2, 0.25) is 0 Å². The van der Waals surface area contributed by atoms with Crippen LogP contribution >= 0.6 is 27.5 Å². The third-order valence-electron chi connectivity index (χ3n) is 3.64. The third kappa shape index (κ3) is 3.99. The minimum Gasteiger partial charge on any atom is -0.301 e. The third-order valence-corrected chi connectivity index (χ3v) is 6.84. The number of halogens is 2. The smallest absolute Gasteiger partial charge is 0.244 e. The van der Waals surface area contributed by atoms with Crippen molar-refractivity contribution in [3.8, 4) is 0 Å². The van der Waals surface area contributed by atoms with Crippen LogP contribution in [0.5, 0.6) is 0 Å². The lowest BCUT2D eigenvalue weighted by atomic mass is 10.2. The number of benzene rings is 1. The van der Waals surface area contributed by atoms with Crippen molar-refractivity contribution in [3.63, 3.8) is 0 Å². The molecule has 0 radical (unpaired) electrons. The average molecular weight is 396 g/mol. The first-order chi connectivity index (χ1) is 9.98.